The van der Waals surface area contributed by atoms with Crippen LogP contribution in [0.1, 0.15) is 25.3 Å². The molecule has 0 saturated carbocycles. The summed E-state index contributed by atoms with van der Waals surface area (Å²) in [7, 11) is 2.10. The minimum Gasteiger partial charge on any atom is -0.399 e. The van der Waals surface area contributed by atoms with Crippen LogP contribution in [0, 0.1) is 0 Å². The fraction of sp³-hybridized carbons (Fsp3) is 0.533. The Bertz CT molecular complexity index is 460. The van der Waals surface area contributed by atoms with Gasteiger partial charge in [-0.1, -0.05) is 12.1 Å². The molecular formula is C15H23N3O. The number of nitrogens with two attached hydrogens (primary N) is 1. The summed E-state index contributed by atoms with van der Waals surface area (Å²) >= 11 is 0. The average Bonchev–Trinajstić information content (AvgIpc) is 2.37. The Morgan fingerprint density at radius 1 is 1.42 bits per heavy atom. The lowest BCUT2D eigenvalue weighted by atomic mass is 9.98. The Morgan fingerprint density at radius 2 is 2.16 bits per heavy atom. The molecule has 19 heavy (non-hydrogen) atoms. The van der Waals surface area contributed by atoms with E-state index in [0.717, 1.165) is 25.2 Å². The second kappa shape index (κ2) is 5.61. The van der Waals surface area contributed by atoms with Crippen molar-refractivity contribution in [3.63, 3.8) is 0 Å². The van der Waals surface area contributed by atoms with Crippen LogP contribution in [0.2, 0.25) is 0 Å². The highest BCUT2D eigenvalue weighted by molar-refractivity contribution is 5.84. The van der Waals surface area contributed by atoms with Gasteiger partial charge in [-0.25, -0.2) is 0 Å². The fourth-order valence-corrected chi connectivity index (χ4v) is 2.69. The molecule has 2 rings (SSSR count). The molecule has 0 aromatic heterocycles. The topological polar surface area (TPSA) is 49.6 Å². The van der Waals surface area contributed by atoms with Crippen LogP contribution >= 0.6 is 0 Å². The number of nitrogens with zero attached hydrogens (tertiary/aromatic N) is 2. The number of hydrogen-bond acceptors (Lipinski definition) is 3. The van der Waals surface area contributed by atoms with Gasteiger partial charge in [0.25, 0.3) is 0 Å². The molecule has 1 aliphatic heterocycles. The lowest BCUT2D eigenvalue weighted by Gasteiger charge is -2.39. The molecule has 4 nitrogen and oxygen atoms in total. The minimum atomic E-state index is -0.130. The van der Waals surface area contributed by atoms with Crippen molar-refractivity contribution in [1.29, 1.82) is 0 Å². The third-order valence-corrected chi connectivity index (χ3v) is 3.89. The zero-order valence-electron chi connectivity index (χ0n) is 12.0. The first kappa shape index (κ1) is 13.9. The summed E-state index contributed by atoms with van der Waals surface area (Å²) in [6.07, 6.45) is 0. The minimum absolute atomic E-state index is 0.130. The number of carbonyl (C=O) groups is 1. The first-order chi connectivity index (χ1) is 8.99. The summed E-state index contributed by atoms with van der Waals surface area (Å²) in [5.41, 5.74) is 7.50. The largest absolute Gasteiger partial charge is 0.399 e. The van der Waals surface area contributed by atoms with E-state index < -0.39 is 0 Å². The number of anilines is 1. The van der Waals surface area contributed by atoms with E-state index in [2.05, 4.69) is 18.9 Å². The van der Waals surface area contributed by atoms with Crippen LogP contribution in [-0.2, 0) is 4.79 Å². The van der Waals surface area contributed by atoms with Crippen LogP contribution in [0.4, 0.5) is 5.69 Å². The smallest absolute Gasteiger partial charge is 0.230 e. The molecule has 104 valence electrons. The van der Waals surface area contributed by atoms with Gasteiger partial charge >= 0.3 is 0 Å². The highest BCUT2D eigenvalue weighted by Crippen LogP contribution is 2.22. The Hall–Kier alpha value is -1.55. The van der Waals surface area contributed by atoms with Gasteiger partial charge in [-0.15, -0.1) is 0 Å². The predicted molar refractivity (Wildman–Crippen MR) is 77.9 cm³/mol. The van der Waals surface area contributed by atoms with Gasteiger partial charge in [-0.2, -0.15) is 0 Å². The first-order valence-corrected chi connectivity index (χ1v) is 6.83. The molecule has 1 aromatic carbocycles. The normalized spacial score (nSPS) is 22.3. The van der Waals surface area contributed by atoms with Gasteiger partial charge in [0.2, 0.25) is 5.91 Å². The third kappa shape index (κ3) is 3.07. The number of amides is 1. The maximum Gasteiger partial charge on any atom is 0.230 e. The Kier molecular flexibility index (Phi) is 4.10. The molecule has 2 unspecified atom stereocenters. The number of piperazine rings is 1. The van der Waals surface area contributed by atoms with Crippen LogP contribution in [0.15, 0.2) is 24.3 Å². The molecule has 1 saturated heterocycles. The maximum atomic E-state index is 12.6. The summed E-state index contributed by atoms with van der Waals surface area (Å²) in [5, 5.41) is 0. The molecule has 1 aliphatic rings. The molecule has 1 aromatic rings. The van der Waals surface area contributed by atoms with Gasteiger partial charge in [0, 0.05) is 31.4 Å². The van der Waals surface area contributed by atoms with Crippen molar-refractivity contribution in [2.45, 2.75) is 25.8 Å². The molecule has 0 radical (unpaired) electrons. The molecule has 0 bridgehead atoms. The van der Waals surface area contributed by atoms with E-state index in [0.29, 0.717) is 5.69 Å². The predicted octanol–water partition coefficient (Wildman–Crippen LogP) is 1.53. The first-order valence-electron chi connectivity index (χ1n) is 6.83. The van der Waals surface area contributed by atoms with E-state index in [4.69, 9.17) is 5.73 Å². The second-order valence-corrected chi connectivity index (χ2v) is 5.53. The average molecular weight is 261 g/mol. The van der Waals surface area contributed by atoms with E-state index >= 15 is 0 Å². The Balaban J connectivity index is 2.11. The SMILES string of the molecule is CC(C(=O)N1CCN(C)CC1C)c1cccc(N)c1. The van der Waals surface area contributed by atoms with Crippen molar-refractivity contribution in [2.75, 3.05) is 32.4 Å². The van der Waals surface area contributed by atoms with Crippen molar-refractivity contribution in [3.8, 4) is 0 Å². The summed E-state index contributed by atoms with van der Waals surface area (Å²) in [6, 6.07) is 7.89. The summed E-state index contributed by atoms with van der Waals surface area (Å²) in [4.78, 5) is 16.9. The van der Waals surface area contributed by atoms with Crippen molar-refractivity contribution >= 4 is 11.6 Å². The van der Waals surface area contributed by atoms with Crippen LogP contribution in [0.25, 0.3) is 0 Å². The monoisotopic (exact) mass is 261 g/mol. The molecule has 1 heterocycles. The summed E-state index contributed by atoms with van der Waals surface area (Å²) in [5.74, 6) is 0.0700. The number of rotatable bonds is 2. The van der Waals surface area contributed by atoms with E-state index in [1.54, 1.807) is 0 Å². The van der Waals surface area contributed by atoms with E-state index in [1.165, 1.54) is 0 Å². The molecule has 0 aliphatic carbocycles. The Labute approximate surface area is 115 Å². The number of nitrogen functional groups attached to an aromatic ring is 1. The zero-order valence-corrected chi connectivity index (χ0v) is 12.0. The summed E-state index contributed by atoms with van der Waals surface area (Å²) < 4.78 is 0. The van der Waals surface area contributed by atoms with Gasteiger partial charge in [-0.05, 0) is 38.6 Å². The lowest BCUT2D eigenvalue weighted by molar-refractivity contribution is -0.136. The fourth-order valence-electron chi connectivity index (χ4n) is 2.69. The lowest BCUT2D eigenvalue weighted by Crippen LogP contribution is -2.53. The maximum absolute atomic E-state index is 12.6. The van der Waals surface area contributed by atoms with Crippen molar-refractivity contribution in [1.82, 2.24) is 9.80 Å². The molecule has 0 spiro atoms. The molecule has 1 fully saturated rings. The number of likely N-dealkylation sites (N-methyl/N-ethyl adjacent to an activating group) is 1. The number of carbonyl (C=O) groups excluding carboxylic acids is 1. The van der Waals surface area contributed by atoms with Gasteiger partial charge in [0.05, 0.1) is 5.92 Å². The van der Waals surface area contributed by atoms with Gasteiger partial charge < -0.3 is 15.5 Å². The van der Waals surface area contributed by atoms with Crippen LogP contribution in [-0.4, -0.2) is 48.4 Å². The number of hydrogen-bond donors (Lipinski definition) is 1. The second-order valence-electron chi connectivity index (χ2n) is 5.53. The molecule has 2 atom stereocenters. The van der Waals surface area contributed by atoms with Gasteiger partial charge in [-0.3, -0.25) is 4.79 Å². The quantitative estimate of drug-likeness (QED) is 0.822. The molecule has 4 heteroatoms. The highest BCUT2D eigenvalue weighted by atomic mass is 16.2. The van der Waals surface area contributed by atoms with E-state index in [1.807, 2.05) is 36.1 Å². The Morgan fingerprint density at radius 3 is 2.79 bits per heavy atom. The van der Waals surface area contributed by atoms with Crippen molar-refractivity contribution < 1.29 is 4.79 Å². The zero-order chi connectivity index (χ0) is 14.0. The van der Waals surface area contributed by atoms with Crippen LogP contribution in [0.5, 0.6) is 0 Å². The van der Waals surface area contributed by atoms with E-state index in [-0.39, 0.29) is 17.9 Å². The number of benzene rings is 1. The molecule has 2 N–H and O–H groups in total. The molecular weight excluding hydrogens is 238 g/mol. The third-order valence-electron chi connectivity index (χ3n) is 3.89. The van der Waals surface area contributed by atoms with Crippen LogP contribution < -0.4 is 5.73 Å². The summed E-state index contributed by atoms with van der Waals surface area (Å²) in [6.45, 7) is 6.76. The van der Waals surface area contributed by atoms with Crippen LogP contribution in [0.3, 0.4) is 0 Å². The van der Waals surface area contributed by atoms with Gasteiger partial charge in [0.15, 0.2) is 0 Å². The molecule has 1 amide bonds. The van der Waals surface area contributed by atoms with Crippen molar-refractivity contribution in [3.05, 3.63) is 29.8 Å². The van der Waals surface area contributed by atoms with Crippen molar-refractivity contribution in [2.24, 2.45) is 0 Å². The van der Waals surface area contributed by atoms with E-state index in [9.17, 15) is 4.79 Å². The van der Waals surface area contributed by atoms with Gasteiger partial charge in [0.1, 0.15) is 0 Å². The standard InChI is InChI=1S/C15H23N3O/c1-11-10-17(3)7-8-18(11)15(19)12(2)13-5-4-6-14(16)9-13/h4-6,9,11-12H,7-8,10,16H2,1-3H3. The highest BCUT2D eigenvalue weighted by Gasteiger charge is 2.29.